The molecule has 110 valence electrons. The lowest BCUT2D eigenvalue weighted by Crippen LogP contribution is -2.26. The summed E-state index contributed by atoms with van der Waals surface area (Å²) in [7, 11) is 0.481. The molecule has 0 aromatic carbocycles. The van der Waals surface area contributed by atoms with E-state index in [2.05, 4.69) is 9.62 Å². The minimum absolute atomic E-state index is 0.241. The molecule has 0 fully saturated rings. The predicted molar refractivity (Wildman–Crippen MR) is 78.0 cm³/mol. The van der Waals surface area contributed by atoms with Crippen molar-refractivity contribution < 1.29 is 13.5 Å². The molecule has 1 aromatic rings. The predicted octanol–water partition coefficient (Wildman–Crippen LogP) is 1.17. The van der Waals surface area contributed by atoms with Gasteiger partial charge in [0.05, 0.1) is 11.5 Å². The van der Waals surface area contributed by atoms with Crippen molar-refractivity contribution in [2.24, 2.45) is 0 Å². The number of nitrogens with one attached hydrogen (secondary N) is 1. The highest BCUT2D eigenvalue weighted by molar-refractivity contribution is 7.89. The lowest BCUT2D eigenvalue weighted by atomic mass is 10.3. The summed E-state index contributed by atoms with van der Waals surface area (Å²) >= 11 is 1.27. The van der Waals surface area contributed by atoms with Gasteiger partial charge in [0.15, 0.2) is 0 Å². The summed E-state index contributed by atoms with van der Waals surface area (Å²) in [5.41, 5.74) is 0.690. The van der Waals surface area contributed by atoms with E-state index < -0.39 is 10.0 Å². The first-order valence-corrected chi connectivity index (χ1v) is 8.57. The minimum Gasteiger partial charge on any atom is -0.391 e. The smallest absolute Gasteiger partial charge is 0.242 e. The quantitative estimate of drug-likeness (QED) is 0.707. The van der Waals surface area contributed by atoms with E-state index in [4.69, 9.17) is 0 Å². The summed E-state index contributed by atoms with van der Waals surface area (Å²) in [5.74, 6) is 0. The highest BCUT2D eigenvalue weighted by atomic mass is 32.2. The molecule has 1 heterocycles. The van der Waals surface area contributed by atoms with Gasteiger partial charge >= 0.3 is 0 Å². The fraction of sp³-hybridized carbons (Fsp3) is 0.667. The Morgan fingerprint density at radius 1 is 1.37 bits per heavy atom. The molecule has 0 atom stereocenters. The summed E-state index contributed by atoms with van der Waals surface area (Å²) in [6, 6.07) is 0. The normalized spacial score (nSPS) is 12.3. The zero-order valence-electron chi connectivity index (χ0n) is 11.6. The van der Waals surface area contributed by atoms with Crippen molar-refractivity contribution in [2.45, 2.75) is 31.3 Å². The average Bonchev–Trinajstić information content (AvgIpc) is 2.70. The Kier molecular flexibility index (Phi) is 6.41. The third-order valence-electron chi connectivity index (χ3n) is 2.73. The van der Waals surface area contributed by atoms with Crippen LogP contribution in [0.3, 0.4) is 0 Å². The Hall–Kier alpha value is -0.470. The number of aliphatic hydroxyl groups excluding tert-OH is 1. The van der Waals surface area contributed by atoms with Crippen molar-refractivity contribution in [3.8, 4) is 0 Å². The topological polar surface area (TPSA) is 69.6 Å². The highest BCUT2D eigenvalue weighted by Gasteiger charge is 2.21. The maximum Gasteiger partial charge on any atom is 0.242 e. The summed E-state index contributed by atoms with van der Waals surface area (Å²) in [5, 5.41) is 10.9. The molecule has 5 nitrogen and oxygen atoms in total. The van der Waals surface area contributed by atoms with Crippen molar-refractivity contribution in [1.82, 2.24) is 9.62 Å². The lowest BCUT2D eigenvalue weighted by Gasteiger charge is -2.10. The third-order valence-corrected chi connectivity index (χ3v) is 5.63. The van der Waals surface area contributed by atoms with Gasteiger partial charge < -0.3 is 10.0 Å². The lowest BCUT2D eigenvalue weighted by molar-refractivity contribution is 0.282. The Labute approximate surface area is 119 Å². The van der Waals surface area contributed by atoms with Gasteiger partial charge in [-0.05, 0) is 51.3 Å². The van der Waals surface area contributed by atoms with Crippen LogP contribution in [0.1, 0.15) is 23.3 Å². The second-order valence-corrected chi connectivity index (χ2v) is 7.41. The molecular formula is C12H22N2O3S2. The van der Waals surface area contributed by atoms with E-state index in [-0.39, 0.29) is 11.5 Å². The van der Waals surface area contributed by atoms with Gasteiger partial charge in [0.1, 0.15) is 4.90 Å². The van der Waals surface area contributed by atoms with Crippen molar-refractivity contribution in [3.63, 3.8) is 0 Å². The number of nitrogens with zero attached hydrogens (tertiary/aromatic N) is 1. The zero-order valence-corrected chi connectivity index (χ0v) is 13.3. The maximum atomic E-state index is 12.2. The molecule has 19 heavy (non-hydrogen) atoms. The number of thiophene rings is 1. The van der Waals surface area contributed by atoms with Crippen LogP contribution in [0.4, 0.5) is 0 Å². The molecule has 0 aliphatic heterocycles. The van der Waals surface area contributed by atoms with E-state index in [1.807, 2.05) is 14.1 Å². The van der Waals surface area contributed by atoms with E-state index in [9.17, 15) is 13.5 Å². The SMILES string of the molecule is Cc1csc(CO)c1S(=O)(=O)NCCCCN(C)C. The molecule has 1 rings (SSSR count). The second kappa shape index (κ2) is 7.35. The van der Waals surface area contributed by atoms with Gasteiger partial charge in [-0.3, -0.25) is 0 Å². The van der Waals surface area contributed by atoms with Gasteiger partial charge in [0.25, 0.3) is 0 Å². The molecule has 0 aliphatic carbocycles. The molecule has 1 aromatic heterocycles. The Morgan fingerprint density at radius 3 is 2.63 bits per heavy atom. The summed E-state index contributed by atoms with van der Waals surface area (Å²) in [4.78, 5) is 2.81. The number of sulfonamides is 1. The first-order valence-electron chi connectivity index (χ1n) is 6.20. The third kappa shape index (κ3) is 4.85. The van der Waals surface area contributed by atoms with Crippen LogP contribution in [0.25, 0.3) is 0 Å². The van der Waals surface area contributed by atoms with Gasteiger partial charge in [-0.25, -0.2) is 13.1 Å². The van der Waals surface area contributed by atoms with E-state index in [1.54, 1.807) is 12.3 Å². The maximum absolute atomic E-state index is 12.2. The molecule has 0 spiro atoms. The Bertz CT molecular complexity index is 495. The second-order valence-electron chi connectivity index (χ2n) is 4.74. The van der Waals surface area contributed by atoms with E-state index in [1.165, 1.54) is 11.3 Å². The minimum atomic E-state index is -3.50. The fourth-order valence-corrected chi connectivity index (χ4v) is 4.52. The summed E-state index contributed by atoms with van der Waals surface area (Å²) in [6.07, 6.45) is 1.75. The molecule has 0 radical (unpaired) electrons. The molecule has 0 aliphatic rings. The Morgan fingerprint density at radius 2 is 2.05 bits per heavy atom. The molecule has 0 saturated carbocycles. The number of aliphatic hydroxyl groups is 1. The van der Waals surface area contributed by atoms with Crippen LogP contribution in [-0.4, -0.2) is 45.6 Å². The molecule has 0 unspecified atom stereocenters. The van der Waals surface area contributed by atoms with E-state index in [0.29, 0.717) is 17.0 Å². The van der Waals surface area contributed by atoms with Crippen LogP contribution in [0.5, 0.6) is 0 Å². The average molecular weight is 306 g/mol. The standard InChI is InChI=1S/C12H22N2O3S2/c1-10-9-18-11(8-15)12(10)19(16,17)13-6-4-5-7-14(2)3/h9,13,15H,4-8H2,1-3H3. The monoisotopic (exact) mass is 306 g/mol. The van der Waals surface area contributed by atoms with Crippen molar-refractivity contribution >= 4 is 21.4 Å². The molecule has 0 saturated heterocycles. The van der Waals surface area contributed by atoms with E-state index in [0.717, 1.165) is 19.4 Å². The number of hydrogen-bond acceptors (Lipinski definition) is 5. The van der Waals surface area contributed by atoms with Crippen molar-refractivity contribution in [2.75, 3.05) is 27.2 Å². The van der Waals surface area contributed by atoms with Crippen LogP contribution >= 0.6 is 11.3 Å². The van der Waals surface area contributed by atoms with Crippen molar-refractivity contribution in [3.05, 3.63) is 15.8 Å². The van der Waals surface area contributed by atoms with Gasteiger partial charge in [0, 0.05) is 6.54 Å². The van der Waals surface area contributed by atoms with E-state index >= 15 is 0 Å². The largest absolute Gasteiger partial charge is 0.391 e. The van der Waals surface area contributed by atoms with Crippen LogP contribution < -0.4 is 4.72 Å². The summed E-state index contributed by atoms with van der Waals surface area (Å²) < 4.78 is 26.9. The molecular weight excluding hydrogens is 284 g/mol. The van der Waals surface area contributed by atoms with Crippen molar-refractivity contribution in [1.29, 1.82) is 0 Å². The Balaban J connectivity index is 2.59. The molecule has 0 amide bonds. The number of unbranched alkanes of at least 4 members (excludes halogenated alkanes) is 1. The van der Waals surface area contributed by atoms with Gasteiger partial charge in [0.2, 0.25) is 10.0 Å². The molecule has 7 heteroatoms. The number of aryl methyl sites for hydroxylation is 1. The first-order chi connectivity index (χ1) is 8.88. The zero-order chi connectivity index (χ0) is 14.5. The summed E-state index contributed by atoms with van der Waals surface area (Å²) in [6.45, 7) is 2.88. The van der Waals surface area contributed by atoms with Gasteiger partial charge in [-0.1, -0.05) is 0 Å². The van der Waals surface area contributed by atoms with Gasteiger partial charge in [-0.15, -0.1) is 11.3 Å². The molecule has 0 bridgehead atoms. The van der Waals surface area contributed by atoms with Crippen LogP contribution in [0, 0.1) is 6.92 Å². The fourth-order valence-electron chi connectivity index (χ4n) is 1.79. The number of rotatable bonds is 8. The van der Waals surface area contributed by atoms with Crippen LogP contribution in [-0.2, 0) is 16.6 Å². The molecule has 2 N–H and O–H groups in total. The highest BCUT2D eigenvalue weighted by Crippen LogP contribution is 2.26. The van der Waals surface area contributed by atoms with Gasteiger partial charge in [-0.2, -0.15) is 0 Å². The first kappa shape index (κ1) is 16.6. The van der Waals surface area contributed by atoms with Crippen LogP contribution in [0.2, 0.25) is 0 Å². The van der Waals surface area contributed by atoms with Crippen LogP contribution in [0.15, 0.2) is 10.3 Å². The number of hydrogen-bond donors (Lipinski definition) is 2.